The number of nitrogens with zero attached hydrogens (tertiary/aromatic N) is 1. The number of benzene rings is 2. The molecule has 7 nitrogen and oxygen atoms in total. The Labute approximate surface area is 150 Å². The summed E-state index contributed by atoms with van der Waals surface area (Å²) in [4.78, 5) is 33.1. The van der Waals surface area contributed by atoms with Crippen LogP contribution >= 0.6 is 0 Å². The highest BCUT2D eigenvalue weighted by Gasteiger charge is 2.23. The average molecular weight is 382 g/mol. The summed E-state index contributed by atoms with van der Waals surface area (Å²) < 4.78 is 39.8. The molecule has 0 unspecified atom stereocenters. The first-order valence-corrected chi connectivity index (χ1v) is 7.56. The molecule has 10 heteroatoms. The summed E-state index contributed by atoms with van der Waals surface area (Å²) in [5.74, 6) is -5.13. The molecular formula is C17H13F3N2O5. The summed E-state index contributed by atoms with van der Waals surface area (Å²) in [5, 5.41) is 22.1. The molecule has 27 heavy (non-hydrogen) atoms. The van der Waals surface area contributed by atoms with Crippen molar-refractivity contribution in [2.75, 3.05) is 0 Å². The molecule has 0 aromatic heterocycles. The number of nitrogens with one attached hydrogen (secondary N) is 1. The maximum Gasteiger partial charge on any atom is 0.326 e. The van der Waals surface area contributed by atoms with E-state index < -0.39 is 52.4 Å². The lowest BCUT2D eigenvalue weighted by molar-refractivity contribution is -0.387. The molecule has 2 aromatic rings. The van der Waals surface area contributed by atoms with Gasteiger partial charge in [0.15, 0.2) is 0 Å². The second-order valence-corrected chi connectivity index (χ2v) is 5.62. The predicted molar refractivity (Wildman–Crippen MR) is 86.4 cm³/mol. The fraction of sp³-hybridized carbons (Fsp3) is 0.176. The van der Waals surface area contributed by atoms with E-state index in [0.717, 1.165) is 30.3 Å². The average Bonchev–Trinajstić information content (AvgIpc) is 2.58. The lowest BCUT2D eigenvalue weighted by Gasteiger charge is -2.15. The van der Waals surface area contributed by atoms with Crippen molar-refractivity contribution in [2.45, 2.75) is 18.9 Å². The van der Waals surface area contributed by atoms with Gasteiger partial charge >= 0.3 is 11.7 Å². The summed E-state index contributed by atoms with van der Waals surface area (Å²) in [6.45, 7) is 0. The Balaban J connectivity index is 2.11. The van der Waals surface area contributed by atoms with E-state index in [-0.39, 0.29) is 17.5 Å². The van der Waals surface area contributed by atoms with Crippen LogP contribution < -0.4 is 5.32 Å². The zero-order valence-electron chi connectivity index (χ0n) is 13.6. The molecule has 0 spiro atoms. The van der Waals surface area contributed by atoms with Crippen molar-refractivity contribution in [3.05, 3.63) is 75.1 Å². The fourth-order valence-corrected chi connectivity index (χ4v) is 2.34. The highest BCUT2D eigenvalue weighted by Crippen LogP contribution is 2.19. The first-order chi connectivity index (χ1) is 12.7. The van der Waals surface area contributed by atoms with Crippen molar-refractivity contribution in [1.29, 1.82) is 0 Å². The Bertz CT molecular complexity index is 904. The van der Waals surface area contributed by atoms with Crippen molar-refractivity contribution < 1.29 is 32.8 Å². The Kier molecular flexibility index (Phi) is 6.11. The number of nitro benzene ring substituents is 1. The molecule has 0 fully saturated rings. The van der Waals surface area contributed by atoms with Crippen LogP contribution in [-0.4, -0.2) is 27.9 Å². The van der Waals surface area contributed by atoms with E-state index in [1.165, 1.54) is 0 Å². The Morgan fingerprint density at radius 2 is 1.81 bits per heavy atom. The first-order valence-electron chi connectivity index (χ1n) is 7.56. The third-order valence-electron chi connectivity index (χ3n) is 3.65. The van der Waals surface area contributed by atoms with Crippen LogP contribution in [0.2, 0.25) is 0 Å². The number of aliphatic carboxylic acids is 1. The normalized spacial score (nSPS) is 11.7. The van der Waals surface area contributed by atoms with E-state index in [0.29, 0.717) is 6.07 Å². The number of carbonyl (C=O) groups excluding carboxylic acids is 1. The van der Waals surface area contributed by atoms with Gasteiger partial charge in [0.1, 0.15) is 17.7 Å². The van der Waals surface area contributed by atoms with E-state index in [9.17, 15) is 38.0 Å². The van der Waals surface area contributed by atoms with Gasteiger partial charge in [0.05, 0.1) is 11.3 Å². The molecule has 0 radical (unpaired) electrons. The van der Waals surface area contributed by atoms with Crippen LogP contribution in [0.25, 0.3) is 0 Å². The molecule has 0 bridgehead atoms. The minimum Gasteiger partial charge on any atom is -0.480 e. The van der Waals surface area contributed by atoms with E-state index in [1.807, 2.05) is 0 Å². The number of nitro groups is 1. The Hall–Kier alpha value is -3.43. The van der Waals surface area contributed by atoms with Gasteiger partial charge in [-0.2, -0.15) is 4.39 Å². The van der Waals surface area contributed by atoms with Crippen molar-refractivity contribution >= 4 is 17.6 Å². The number of carboxylic acid groups (broad SMARTS) is 1. The van der Waals surface area contributed by atoms with E-state index in [4.69, 9.17) is 0 Å². The fourth-order valence-electron chi connectivity index (χ4n) is 2.34. The number of hydrogen-bond acceptors (Lipinski definition) is 4. The summed E-state index contributed by atoms with van der Waals surface area (Å²) in [6.07, 6.45) is -0.881. The number of carbonyl (C=O) groups is 2. The van der Waals surface area contributed by atoms with Crippen molar-refractivity contribution in [2.24, 2.45) is 0 Å². The molecule has 0 saturated heterocycles. The standard InChI is InChI=1S/C17H13F3N2O5/c18-11-3-2-10(13(20)8-11)7-16(23)21-14(17(24)25)5-9-1-4-12(19)15(6-9)22(26)27/h1-4,6,8,14H,5,7H2,(H,21,23)(H,24,25)/t14-/m0/s1. The van der Waals surface area contributed by atoms with Crippen LogP contribution in [0.1, 0.15) is 11.1 Å². The lowest BCUT2D eigenvalue weighted by Crippen LogP contribution is -2.43. The van der Waals surface area contributed by atoms with Crippen LogP contribution in [0.15, 0.2) is 36.4 Å². The Morgan fingerprint density at radius 1 is 1.11 bits per heavy atom. The zero-order valence-corrected chi connectivity index (χ0v) is 13.6. The van der Waals surface area contributed by atoms with E-state index in [1.54, 1.807) is 0 Å². The van der Waals surface area contributed by atoms with Gasteiger partial charge in [0.25, 0.3) is 0 Å². The summed E-state index contributed by atoms with van der Waals surface area (Å²) in [7, 11) is 0. The van der Waals surface area contributed by atoms with Gasteiger partial charge in [-0.05, 0) is 23.3 Å². The Morgan fingerprint density at radius 3 is 2.41 bits per heavy atom. The largest absolute Gasteiger partial charge is 0.480 e. The maximum atomic E-state index is 13.6. The minimum atomic E-state index is -1.48. The quantitative estimate of drug-likeness (QED) is 0.564. The zero-order chi connectivity index (χ0) is 20.1. The molecular weight excluding hydrogens is 369 g/mol. The molecule has 2 N–H and O–H groups in total. The molecule has 1 atom stereocenters. The van der Waals surface area contributed by atoms with Gasteiger partial charge in [-0.1, -0.05) is 12.1 Å². The van der Waals surface area contributed by atoms with Crippen LogP contribution in [0.4, 0.5) is 18.9 Å². The molecule has 0 aliphatic carbocycles. The molecule has 142 valence electrons. The van der Waals surface area contributed by atoms with Crippen LogP contribution in [-0.2, 0) is 22.4 Å². The smallest absolute Gasteiger partial charge is 0.326 e. The third-order valence-corrected chi connectivity index (χ3v) is 3.65. The van der Waals surface area contributed by atoms with Gasteiger partial charge in [0.2, 0.25) is 11.7 Å². The third kappa shape index (κ3) is 5.27. The molecule has 0 saturated carbocycles. The predicted octanol–water partition coefficient (Wildman–Crippen LogP) is 2.37. The summed E-state index contributed by atoms with van der Waals surface area (Å²) in [6, 6.07) is 3.98. The second kappa shape index (κ2) is 8.30. The molecule has 0 aliphatic rings. The number of carboxylic acids is 1. The second-order valence-electron chi connectivity index (χ2n) is 5.62. The number of amides is 1. The van der Waals surface area contributed by atoms with Crippen LogP contribution in [0.5, 0.6) is 0 Å². The SMILES string of the molecule is O=C(Cc1ccc(F)cc1F)N[C@@H](Cc1ccc(F)c([N+](=O)[O-])c1)C(=O)O. The first kappa shape index (κ1) is 19.9. The number of hydrogen-bond donors (Lipinski definition) is 2. The van der Waals surface area contributed by atoms with E-state index in [2.05, 4.69) is 5.32 Å². The molecule has 1 amide bonds. The van der Waals surface area contributed by atoms with Gasteiger partial charge < -0.3 is 10.4 Å². The van der Waals surface area contributed by atoms with E-state index >= 15 is 0 Å². The number of halogens is 3. The van der Waals surface area contributed by atoms with Gasteiger partial charge in [0, 0.05) is 18.6 Å². The van der Waals surface area contributed by atoms with Crippen LogP contribution in [0, 0.1) is 27.6 Å². The van der Waals surface area contributed by atoms with Gasteiger partial charge in [-0.15, -0.1) is 0 Å². The monoisotopic (exact) mass is 382 g/mol. The molecule has 2 rings (SSSR count). The topological polar surface area (TPSA) is 110 Å². The molecule has 2 aromatic carbocycles. The summed E-state index contributed by atoms with van der Waals surface area (Å²) in [5.41, 5.74) is -0.837. The molecule has 0 aliphatic heterocycles. The van der Waals surface area contributed by atoms with Crippen molar-refractivity contribution in [3.63, 3.8) is 0 Å². The minimum absolute atomic E-state index is 0.115. The highest BCUT2D eigenvalue weighted by atomic mass is 19.1. The van der Waals surface area contributed by atoms with Gasteiger partial charge in [-0.25, -0.2) is 13.6 Å². The molecule has 0 heterocycles. The number of rotatable bonds is 7. The highest BCUT2D eigenvalue weighted by molar-refractivity contribution is 5.85. The van der Waals surface area contributed by atoms with Crippen molar-refractivity contribution in [3.8, 4) is 0 Å². The lowest BCUT2D eigenvalue weighted by atomic mass is 10.0. The summed E-state index contributed by atoms with van der Waals surface area (Å²) >= 11 is 0. The van der Waals surface area contributed by atoms with Gasteiger partial charge in [-0.3, -0.25) is 14.9 Å². The van der Waals surface area contributed by atoms with Crippen molar-refractivity contribution in [1.82, 2.24) is 5.32 Å². The maximum absolute atomic E-state index is 13.6. The van der Waals surface area contributed by atoms with Crippen LogP contribution in [0.3, 0.4) is 0 Å².